The fourth-order valence-electron chi connectivity index (χ4n) is 3.25. The molecule has 1 atom stereocenters. The minimum atomic E-state index is -3.97. The number of primary sulfonamides is 1. The predicted octanol–water partition coefficient (Wildman–Crippen LogP) is 3.48. The third-order valence-electron chi connectivity index (χ3n) is 4.94. The van der Waals surface area contributed by atoms with Gasteiger partial charge in [0.2, 0.25) is 10.0 Å². The highest BCUT2D eigenvalue weighted by Gasteiger charge is 2.26. The largest absolute Gasteiger partial charge is 0.328 e. The molecule has 1 heterocycles. The normalized spacial score (nSPS) is 12.5. The molecule has 0 aliphatic carbocycles. The molecule has 3 rings (SSSR count). The second-order valence-electron chi connectivity index (χ2n) is 7.18. The lowest BCUT2D eigenvalue weighted by atomic mass is 10.0. The summed E-state index contributed by atoms with van der Waals surface area (Å²) >= 11 is 5.73. The number of H-pyrrole nitrogens is 1. The first-order valence-corrected chi connectivity index (χ1v) is 11.5. The van der Waals surface area contributed by atoms with Crippen molar-refractivity contribution in [3.8, 4) is 0 Å². The van der Waals surface area contributed by atoms with Crippen molar-refractivity contribution < 1.29 is 26.4 Å². The number of amides is 2. The number of sulfonamides is 1. The molecular weight excluding hydrogens is 485 g/mol. The number of aromatic nitrogens is 1. The van der Waals surface area contributed by atoms with Crippen molar-refractivity contribution in [3.63, 3.8) is 0 Å². The lowest BCUT2D eigenvalue weighted by Crippen LogP contribution is -2.41. The minimum Gasteiger partial charge on any atom is -0.328 e. The van der Waals surface area contributed by atoms with Gasteiger partial charge in [-0.25, -0.2) is 31.5 Å². The number of carbonyl (C=O) groups is 1. The number of nitrogens with two attached hydrogens (primary N) is 1. The summed E-state index contributed by atoms with van der Waals surface area (Å²) in [6, 6.07) is 3.24. The maximum atomic E-state index is 13.9. The van der Waals surface area contributed by atoms with Gasteiger partial charge in [-0.3, -0.25) is 4.79 Å². The summed E-state index contributed by atoms with van der Waals surface area (Å²) < 4.78 is 64.1. The molecule has 0 fully saturated rings. The second kappa shape index (κ2) is 9.41. The average molecular weight is 503 g/mol. The van der Waals surface area contributed by atoms with Crippen LogP contribution in [0.25, 0.3) is 10.8 Å². The fourth-order valence-corrected chi connectivity index (χ4v) is 3.88. The van der Waals surface area contributed by atoms with Gasteiger partial charge in [-0.2, -0.15) is 0 Å². The van der Waals surface area contributed by atoms with Crippen LogP contribution in [-0.2, 0) is 10.0 Å². The molecule has 0 saturated heterocycles. The van der Waals surface area contributed by atoms with E-state index in [9.17, 15) is 31.2 Å². The van der Waals surface area contributed by atoms with Gasteiger partial charge >= 0.3 is 6.03 Å². The summed E-state index contributed by atoms with van der Waals surface area (Å²) in [5.74, 6) is -3.75. The van der Waals surface area contributed by atoms with Gasteiger partial charge in [-0.05, 0) is 48.2 Å². The van der Waals surface area contributed by atoms with E-state index in [2.05, 4.69) is 10.3 Å². The van der Waals surface area contributed by atoms with E-state index in [0.29, 0.717) is 0 Å². The van der Waals surface area contributed by atoms with E-state index in [1.165, 1.54) is 19.2 Å². The number of fused-ring (bicyclic) bond motifs is 1. The molecule has 0 spiro atoms. The minimum absolute atomic E-state index is 0.0309. The van der Waals surface area contributed by atoms with Crippen molar-refractivity contribution >= 4 is 44.1 Å². The number of nitrogens with zero attached hydrogens (tertiary/aromatic N) is 1. The lowest BCUT2D eigenvalue weighted by Gasteiger charge is -2.30. The Hall–Kier alpha value is -3.09. The SMILES string of the molecule is C[C@@H](c1c[nH]c(=O)c2cc(F)c(F)cc12)N(CCS(N)(=O)=O)C(=O)Nc1ccc(F)c(Cl)c1. The summed E-state index contributed by atoms with van der Waals surface area (Å²) in [6.07, 6.45) is 1.22. The number of halogens is 4. The Balaban J connectivity index is 2.04. The third-order valence-corrected chi connectivity index (χ3v) is 5.98. The number of rotatable bonds is 6. The maximum absolute atomic E-state index is 13.9. The zero-order valence-corrected chi connectivity index (χ0v) is 18.6. The Bertz CT molecular complexity index is 1400. The van der Waals surface area contributed by atoms with Gasteiger partial charge in [0, 0.05) is 18.4 Å². The van der Waals surface area contributed by atoms with Gasteiger partial charge in [0.25, 0.3) is 5.56 Å². The van der Waals surface area contributed by atoms with Gasteiger partial charge in [-0.15, -0.1) is 0 Å². The van der Waals surface area contributed by atoms with Crippen LogP contribution in [-0.4, -0.2) is 36.6 Å². The fraction of sp³-hybridized carbons (Fsp3) is 0.200. The molecule has 0 aliphatic rings. The van der Waals surface area contributed by atoms with Crippen LogP contribution < -0.4 is 16.0 Å². The molecule has 4 N–H and O–H groups in total. The molecule has 13 heteroatoms. The van der Waals surface area contributed by atoms with Gasteiger partial charge in [0.15, 0.2) is 11.6 Å². The molecule has 3 aromatic rings. The molecule has 0 aliphatic heterocycles. The van der Waals surface area contributed by atoms with E-state index in [-0.39, 0.29) is 33.6 Å². The highest BCUT2D eigenvalue weighted by atomic mass is 35.5. The topological polar surface area (TPSA) is 125 Å². The van der Waals surface area contributed by atoms with Crippen molar-refractivity contribution in [2.24, 2.45) is 5.14 Å². The van der Waals surface area contributed by atoms with E-state index in [1.54, 1.807) is 0 Å². The van der Waals surface area contributed by atoms with Gasteiger partial charge in [0.1, 0.15) is 5.82 Å². The van der Waals surface area contributed by atoms with Crippen LogP contribution in [0.1, 0.15) is 18.5 Å². The van der Waals surface area contributed by atoms with E-state index in [4.69, 9.17) is 16.7 Å². The zero-order chi connectivity index (χ0) is 24.5. The van der Waals surface area contributed by atoms with E-state index in [0.717, 1.165) is 29.2 Å². The van der Waals surface area contributed by atoms with Crippen molar-refractivity contribution in [1.82, 2.24) is 9.88 Å². The summed E-state index contributed by atoms with van der Waals surface area (Å²) in [7, 11) is -3.97. The molecule has 0 radical (unpaired) electrons. The third kappa shape index (κ3) is 5.64. The molecule has 0 unspecified atom stereocenters. The van der Waals surface area contributed by atoms with E-state index in [1.807, 2.05) is 0 Å². The monoisotopic (exact) mass is 502 g/mol. The molecule has 0 saturated carbocycles. The van der Waals surface area contributed by atoms with Crippen LogP contribution in [0.4, 0.5) is 23.7 Å². The number of hydrogen-bond donors (Lipinski definition) is 3. The number of aromatic amines is 1. The summed E-state index contributed by atoms with van der Waals surface area (Å²) in [6.45, 7) is 1.11. The summed E-state index contributed by atoms with van der Waals surface area (Å²) in [4.78, 5) is 28.6. The molecule has 2 aromatic carbocycles. The predicted molar refractivity (Wildman–Crippen MR) is 118 cm³/mol. The number of nitrogens with one attached hydrogen (secondary N) is 2. The van der Waals surface area contributed by atoms with Crippen LogP contribution in [0.5, 0.6) is 0 Å². The lowest BCUT2D eigenvalue weighted by molar-refractivity contribution is 0.197. The van der Waals surface area contributed by atoms with Crippen LogP contribution in [0.3, 0.4) is 0 Å². The second-order valence-corrected chi connectivity index (χ2v) is 9.32. The smallest absolute Gasteiger partial charge is 0.322 e. The molecule has 176 valence electrons. The molecule has 33 heavy (non-hydrogen) atoms. The first kappa shape index (κ1) is 24.6. The number of hydrogen-bond acceptors (Lipinski definition) is 4. The van der Waals surface area contributed by atoms with Gasteiger partial charge in [-0.1, -0.05) is 11.6 Å². The standard InChI is InChI=1S/C20H18ClF3N4O4S/c1-10(14-9-26-19(29)13-8-18(24)17(23)7-12(13)14)28(4-5-33(25,31)32)20(30)27-11-2-3-16(22)15(21)6-11/h2-3,6-10H,4-5H2,1H3,(H,26,29)(H,27,30)(H2,25,31,32)/t10-/m0/s1. The summed E-state index contributed by atoms with van der Waals surface area (Å²) in [5, 5.41) is 7.17. The number of urea groups is 1. The first-order chi connectivity index (χ1) is 15.4. The Morgan fingerprint density at radius 2 is 1.79 bits per heavy atom. The van der Waals surface area contributed by atoms with Crippen molar-refractivity contribution in [2.75, 3.05) is 17.6 Å². The first-order valence-electron chi connectivity index (χ1n) is 9.41. The van der Waals surface area contributed by atoms with Crippen molar-refractivity contribution in [1.29, 1.82) is 0 Å². The number of benzene rings is 2. The number of anilines is 1. The average Bonchev–Trinajstić information content (AvgIpc) is 2.71. The molecule has 2 amide bonds. The van der Waals surface area contributed by atoms with Gasteiger partial charge in [0.05, 0.1) is 22.2 Å². The molecule has 0 bridgehead atoms. The van der Waals surface area contributed by atoms with Crippen molar-refractivity contribution in [3.05, 3.63) is 74.9 Å². The van der Waals surface area contributed by atoms with Gasteiger partial charge < -0.3 is 15.2 Å². The molecule has 1 aromatic heterocycles. The van der Waals surface area contributed by atoms with Crippen molar-refractivity contribution in [2.45, 2.75) is 13.0 Å². The highest BCUT2D eigenvalue weighted by molar-refractivity contribution is 7.89. The number of carbonyl (C=O) groups excluding carboxylic acids is 1. The zero-order valence-electron chi connectivity index (χ0n) is 17.0. The number of pyridine rings is 1. The Morgan fingerprint density at radius 1 is 1.15 bits per heavy atom. The Labute approximate surface area is 191 Å². The Morgan fingerprint density at radius 3 is 2.39 bits per heavy atom. The van der Waals surface area contributed by atoms with E-state index < -0.39 is 50.9 Å². The summed E-state index contributed by atoms with van der Waals surface area (Å²) in [5.41, 5.74) is -0.342. The molecular formula is C20H18ClF3N4O4S. The Kier molecular flexibility index (Phi) is 7.00. The van der Waals surface area contributed by atoms with Crippen LogP contribution in [0.15, 0.2) is 41.3 Å². The maximum Gasteiger partial charge on any atom is 0.322 e. The van der Waals surface area contributed by atoms with Crippen LogP contribution in [0.2, 0.25) is 5.02 Å². The highest BCUT2D eigenvalue weighted by Crippen LogP contribution is 2.28. The quantitative estimate of drug-likeness (QED) is 0.477. The molecule has 8 nitrogen and oxygen atoms in total. The van der Waals surface area contributed by atoms with Crippen LogP contribution >= 0.6 is 11.6 Å². The van der Waals surface area contributed by atoms with Crippen LogP contribution in [0, 0.1) is 17.5 Å². The van der Waals surface area contributed by atoms with E-state index >= 15 is 0 Å².